The highest BCUT2D eigenvalue weighted by atomic mass is 19.2. The first-order valence-electron chi connectivity index (χ1n) is 5.78. The topological polar surface area (TPSA) is 64.6 Å². The Hall–Kier alpha value is -2.51. The second-order valence-electron chi connectivity index (χ2n) is 4.60. The number of anilines is 1. The van der Waals surface area contributed by atoms with Crippen molar-refractivity contribution < 1.29 is 32.2 Å². The Morgan fingerprint density at radius 1 is 1.05 bits per heavy atom. The lowest BCUT2D eigenvalue weighted by atomic mass is 10.2. The summed E-state index contributed by atoms with van der Waals surface area (Å²) in [6.45, 7) is 2.69. The molecule has 1 aromatic rings. The Morgan fingerprint density at radius 2 is 1.57 bits per heavy atom. The number of rotatable bonds is 2. The Morgan fingerprint density at radius 3 is 2.14 bits per heavy atom. The summed E-state index contributed by atoms with van der Waals surface area (Å²) in [6.07, 6.45) is 0.695. The van der Waals surface area contributed by atoms with E-state index >= 15 is 0 Å². The summed E-state index contributed by atoms with van der Waals surface area (Å²) >= 11 is 0. The minimum atomic E-state index is -1.48. The molecule has 0 saturated carbocycles. The first-order chi connectivity index (χ1) is 9.71. The van der Waals surface area contributed by atoms with Crippen LogP contribution in [-0.4, -0.2) is 17.7 Å². The molecule has 0 amide bonds. The maximum atomic E-state index is 13.4. The normalized spacial score (nSPS) is 17.1. The van der Waals surface area contributed by atoms with E-state index < -0.39 is 46.4 Å². The molecule has 8 heteroatoms. The van der Waals surface area contributed by atoms with E-state index in [9.17, 15) is 22.8 Å². The van der Waals surface area contributed by atoms with E-state index in [1.54, 1.807) is 0 Å². The zero-order chi connectivity index (χ0) is 15.8. The predicted octanol–water partition coefficient (Wildman–Crippen LogP) is 2.24. The van der Waals surface area contributed by atoms with Crippen LogP contribution in [0.25, 0.3) is 0 Å². The third-order valence-electron chi connectivity index (χ3n) is 2.52. The molecule has 0 radical (unpaired) electrons. The Labute approximate surface area is 117 Å². The second kappa shape index (κ2) is 5.12. The van der Waals surface area contributed by atoms with Crippen molar-refractivity contribution in [2.75, 3.05) is 5.32 Å². The van der Waals surface area contributed by atoms with Crippen molar-refractivity contribution in [1.82, 2.24) is 0 Å². The molecular formula is C13H10F3NO4. The van der Waals surface area contributed by atoms with Crippen LogP contribution >= 0.6 is 0 Å². The van der Waals surface area contributed by atoms with Gasteiger partial charge in [0.1, 0.15) is 11.5 Å². The lowest BCUT2D eigenvalue weighted by Crippen LogP contribution is -2.42. The number of esters is 2. The summed E-state index contributed by atoms with van der Waals surface area (Å²) < 4.78 is 49.3. The van der Waals surface area contributed by atoms with Gasteiger partial charge in [-0.3, -0.25) is 0 Å². The van der Waals surface area contributed by atoms with Crippen LogP contribution in [0.5, 0.6) is 0 Å². The SMILES string of the molecule is CC1(C)OC(=O)C(=CNc2c(F)ccc(F)c2F)C(=O)O1. The summed E-state index contributed by atoms with van der Waals surface area (Å²) in [5.74, 6) is -7.34. The van der Waals surface area contributed by atoms with Crippen molar-refractivity contribution >= 4 is 17.6 Å². The lowest BCUT2D eigenvalue weighted by molar-refractivity contribution is -0.222. The van der Waals surface area contributed by atoms with Gasteiger partial charge in [-0.1, -0.05) is 0 Å². The molecule has 0 unspecified atom stereocenters. The first-order valence-corrected chi connectivity index (χ1v) is 5.78. The standard InChI is InChI=1S/C13H10F3NO4/c1-13(2)20-11(18)6(12(19)21-13)5-17-10-8(15)4-3-7(14)9(10)16/h3-5,17H,1-2H3. The fourth-order valence-electron chi connectivity index (χ4n) is 1.58. The molecule has 1 aromatic carbocycles. The van der Waals surface area contributed by atoms with Crippen LogP contribution < -0.4 is 5.32 Å². The Bertz CT molecular complexity index is 633. The van der Waals surface area contributed by atoms with Crippen molar-refractivity contribution in [3.63, 3.8) is 0 Å². The van der Waals surface area contributed by atoms with Gasteiger partial charge in [0, 0.05) is 20.0 Å². The first kappa shape index (κ1) is 14.9. The third-order valence-corrected chi connectivity index (χ3v) is 2.52. The molecule has 112 valence electrons. The summed E-state index contributed by atoms with van der Waals surface area (Å²) in [6, 6.07) is 1.30. The minimum Gasteiger partial charge on any atom is -0.419 e. The van der Waals surface area contributed by atoms with Crippen molar-refractivity contribution in [1.29, 1.82) is 0 Å². The number of hydrogen-bond acceptors (Lipinski definition) is 5. The van der Waals surface area contributed by atoms with Gasteiger partial charge in [-0.2, -0.15) is 0 Å². The van der Waals surface area contributed by atoms with Gasteiger partial charge in [-0.05, 0) is 12.1 Å². The molecule has 1 N–H and O–H groups in total. The summed E-state index contributed by atoms with van der Waals surface area (Å²) in [5.41, 5.74) is -1.44. The van der Waals surface area contributed by atoms with Gasteiger partial charge in [-0.25, -0.2) is 22.8 Å². The zero-order valence-corrected chi connectivity index (χ0v) is 11.0. The largest absolute Gasteiger partial charge is 0.419 e. The van der Waals surface area contributed by atoms with Gasteiger partial charge in [-0.15, -0.1) is 0 Å². The van der Waals surface area contributed by atoms with Crippen LogP contribution in [0.2, 0.25) is 0 Å². The molecule has 0 spiro atoms. The van der Waals surface area contributed by atoms with Crippen LogP contribution in [-0.2, 0) is 19.1 Å². The number of carbonyl (C=O) groups is 2. The molecule has 1 heterocycles. The summed E-state index contributed by atoms with van der Waals surface area (Å²) in [4.78, 5) is 23.2. The average Bonchev–Trinajstić information content (AvgIpc) is 2.35. The quantitative estimate of drug-likeness (QED) is 0.393. The van der Waals surface area contributed by atoms with Gasteiger partial charge in [0.05, 0.1) is 0 Å². The number of benzene rings is 1. The molecule has 2 rings (SSSR count). The maximum absolute atomic E-state index is 13.4. The van der Waals surface area contributed by atoms with E-state index in [2.05, 4.69) is 0 Å². The van der Waals surface area contributed by atoms with Crippen LogP contribution in [0.1, 0.15) is 13.8 Å². The second-order valence-corrected chi connectivity index (χ2v) is 4.60. The molecular weight excluding hydrogens is 291 g/mol. The number of halogens is 3. The number of ether oxygens (including phenoxy) is 2. The number of carbonyl (C=O) groups excluding carboxylic acids is 2. The highest BCUT2D eigenvalue weighted by Crippen LogP contribution is 2.24. The molecule has 1 saturated heterocycles. The van der Waals surface area contributed by atoms with Gasteiger partial charge in [0.2, 0.25) is 0 Å². The minimum absolute atomic E-state index is 0.600. The molecule has 0 bridgehead atoms. The fourth-order valence-corrected chi connectivity index (χ4v) is 1.58. The molecule has 21 heavy (non-hydrogen) atoms. The fraction of sp³-hybridized carbons (Fsp3) is 0.231. The van der Waals surface area contributed by atoms with Crippen LogP contribution in [0.15, 0.2) is 23.9 Å². The maximum Gasteiger partial charge on any atom is 0.350 e. The molecule has 5 nitrogen and oxygen atoms in total. The molecule has 0 atom stereocenters. The van der Waals surface area contributed by atoms with E-state index in [0.717, 1.165) is 0 Å². The lowest BCUT2D eigenvalue weighted by Gasteiger charge is -2.29. The van der Waals surface area contributed by atoms with Crippen LogP contribution in [0, 0.1) is 17.5 Å². The van der Waals surface area contributed by atoms with Crippen molar-refractivity contribution in [3.8, 4) is 0 Å². The third kappa shape index (κ3) is 2.99. The average molecular weight is 301 g/mol. The van der Waals surface area contributed by atoms with E-state index in [1.807, 2.05) is 5.32 Å². The van der Waals surface area contributed by atoms with Crippen LogP contribution in [0.3, 0.4) is 0 Å². The predicted molar refractivity (Wildman–Crippen MR) is 64.3 cm³/mol. The van der Waals surface area contributed by atoms with E-state index in [0.29, 0.717) is 18.3 Å². The summed E-state index contributed by atoms with van der Waals surface area (Å²) in [5, 5.41) is 2.03. The Kier molecular flexibility index (Phi) is 3.63. The number of hydrogen-bond donors (Lipinski definition) is 1. The number of cyclic esters (lactones) is 2. The molecule has 1 fully saturated rings. The van der Waals surface area contributed by atoms with E-state index in [-0.39, 0.29) is 0 Å². The molecule has 0 aromatic heterocycles. The van der Waals surface area contributed by atoms with E-state index in [4.69, 9.17) is 9.47 Å². The highest BCUT2D eigenvalue weighted by Gasteiger charge is 2.39. The van der Waals surface area contributed by atoms with Crippen molar-refractivity contribution in [2.45, 2.75) is 19.6 Å². The number of nitrogens with one attached hydrogen (secondary N) is 1. The van der Waals surface area contributed by atoms with E-state index in [1.165, 1.54) is 13.8 Å². The molecule has 1 aliphatic heterocycles. The van der Waals surface area contributed by atoms with Gasteiger partial charge < -0.3 is 14.8 Å². The van der Waals surface area contributed by atoms with Gasteiger partial charge >= 0.3 is 11.9 Å². The smallest absolute Gasteiger partial charge is 0.350 e. The molecule has 0 aliphatic carbocycles. The van der Waals surface area contributed by atoms with Crippen molar-refractivity contribution in [2.24, 2.45) is 0 Å². The van der Waals surface area contributed by atoms with Crippen LogP contribution in [0.4, 0.5) is 18.9 Å². The zero-order valence-electron chi connectivity index (χ0n) is 11.0. The molecule has 1 aliphatic rings. The monoisotopic (exact) mass is 301 g/mol. The Balaban J connectivity index is 2.28. The van der Waals surface area contributed by atoms with Gasteiger partial charge in [0.25, 0.3) is 5.79 Å². The van der Waals surface area contributed by atoms with Gasteiger partial charge in [0.15, 0.2) is 17.2 Å². The van der Waals surface area contributed by atoms with Crippen molar-refractivity contribution in [3.05, 3.63) is 41.4 Å². The summed E-state index contributed by atoms with van der Waals surface area (Å²) in [7, 11) is 0. The highest BCUT2D eigenvalue weighted by molar-refractivity contribution is 6.15.